The number of alkyl halides is 2. The Hall–Kier alpha value is -3.67. The van der Waals surface area contributed by atoms with Gasteiger partial charge in [-0.1, -0.05) is 18.2 Å². The van der Waals surface area contributed by atoms with E-state index in [0.717, 1.165) is 6.07 Å². The molecule has 178 valence electrons. The number of hydrogen-bond acceptors (Lipinski definition) is 8. The van der Waals surface area contributed by atoms with Crippen LogP contribution in [0.1, 0.15) is 16.2 Å². The largest absolute Gasteiger partial charge is 0.353 e. The molecule has 0 unspecified atom stereocenters. The average Bonchev–Trinajstić information content (AvgIpc) is 2.84. The van der Waals surface area contributed by atoms with Crippen LogP contribution in [0.4, 0.5) is 26.2 Å². The first-order valence-corrected chi connectivity index (χ1v) is 12.0. The van der Waals surface area contributed by atoms with Crippen LogP contribution in [0.5, 0.6) is 0 Å². The number of anilines is 3. The number of amides is 1. The summed E-state index contributed by atoms with van der Waals surface area (Å²) in [6, 6.07) is 12.3. The molecule has 34 heavy (non-hydrogen) atoms. The highest BCUT2D eigenvalue weighted by atomic mass is 32.2. The first-order valence-electron chi connectivity index (χ1n) is 10.4. The molecule has 0 bridgehead atoms. The van der Waals surface area contributed by atoms with Crippen LogP contribution in [-0.4, -0.2) is 66.1 Å². The van der Waals surface area contributed by atoms with E-state index in [-0.39, 0.29) is 18.7 Å². The second-order valence-electron chi connectivity index (χ2n) is 7.58. The van der Waals surface area contributed by atoms with Crippen LogP contribution >= 0.6 is 0 Å². The number of hydrogen-bond donors (Lipinski definition) is 1. The van der Waals surface area contributed by atoms with Gasteiger partial charge >= 0.3 is 5.76 Å². The van der Waals surface area contributed by atoms with E-state index in [1.807, 2.05) is 23.1 Å². The zero-order valence-electron chi connectivity index (χ0n) is 18.2. The van der Waals surface area contributed by atoms with E-state index in [9.17, 15) is 22.0 Å². The number of halogens is 2. The number of carbonyl (C=O) groups excluding carboxylic acids is 1. The molecule has 3 aromatic rings. The molecule has 0 aliphatic carbocycles. The fourth-order valence-corrected chi connectivity index (χ4v) is 4.56. The summed E-state index contributed by atoms with van der Waals surface area (Å²) in [6.45, 7) is 3.17. The summed E-state index contributed by atoms with van der Waals surface area (Å²) in [5, 5.41) is 3.13. The number of sulfone groups is 1. The van der Waals surface area contributed by atoms with Crippen LogP contribution < -0.4 is 10.2 Å². The molecule has 0 atom stereocenters. The summed E-state index contributed by atoms with van der Waals surface area (Å²) in [5.74, 6) is -1.77. The third-order valence-corrected chi connectivity index (χ3v) is 6.73. The molecule has 0 radical (unpaired) electrons. The summed E-state index contributed by atoms with van der Waals surface area (Å²) in [6.07, 6.45) is 1.66. The van der Waals surface area contributed by atoms with Gasteiger partial charge in [-0.15, -0.1) is 0 Å². The molecule has 0 saturated carbocycles. The van der Waals surface area contributed by atoms with E-state index in [1.54, 1.807) is 19.2 Å². The minimum Gasteiger partial charge on any atom is -0.353 e. The number of nitrogens with zero attached hydrogens (tertiary/aromatic N) is 5. The lowest BCUT2D eigenvalue weighted by Gasteiger charge is -2.35. The van der Waals surface area contributed by atoms with Gasteiger partial charge in [0, 0.05) is 38.4 Å². The molecule has 1 aliphatic rings. The van der Waals surface area contributed by atoms with Gasteiger partial charge in [0.25, 0.3) is 5.91 Å². The Morgan fingerprint density at radius 1 is 1.00 bits per heavy atom. The smallest absolute Gasteiger partial charge is 0.341 e. The lowest BCUT2D eigenvalue weighted by Crippen LogP contribution is -2.49. The van der Waals surface area contributed by atoms with Crippen molar-refractivity contribution in [2.75, 3.05) is 36.4 Å². The van der Waals surface area contributed by atoms with Gasteiger partial charge in [0.2, 0.25) is 9.84 Å². The monoisotopic (exact) mass is 488 g/mol. The summed E-state index contributed by atoms with van der Waals surface area (Å²) >= 11 is 0. The van der Waals surface area contributed by atoms with Crippen molar-refractivity contribution in [1.29, 1.82) is 0 Å². The van der Waals surface area contributed by atoms with Gasteiger partial charge in [-0.25, -0.2) is 23.4 Å². The summed E-state index contributed by atoms with van der Waals surface area (Å²) in [4.78, 5) is 28.9. The molecule has 1 aliphatic heterocycles. The highest BCUT2D eigenvalue weighted by Crippen LogP contribution is 2.25. The molecule has 12 heteroatoms. The van der Waals surface area contributed by atoms with E-state index < -0.39 is 26.4 Å². The van der Waals surface area contributed by atoms with E-state index in [2.05, 4.69) is 20.3 Å². The average molecular weight is 489 g/mol. The van der Waals surface area contributed by atoms with Crippen LogP contribution in [0.15, 0.2) is 59.6 Å². The van der Waals surface area contributed by atoms with Gasteiger partial charge in [-0.05, 0) is 31.2 Å². The molecule has 1 N–H and O–H groups in total. The van der Waals surface area contributed by atoms with Crippen molar-refractivity contribution in [3.8, 4) is 0 Å². The highest BCUT2D eigenvalue weighted by Gasteiger charge is 2.33. The van der Waals surface area contributed by atoms with Gasteiger partial charge in [0.05, 0.1) is 10.5 Å². The number of rotatable bonds is 6. The van der Waals surface area contributed by atoms with Crippen LogP contribution in [0, 0.1) is 6.92 Å². The van der Waals surface area contributed by atoms with Crippen molar-refractivity contribution < 1.29 is 22.0 Å². The van der Waals surface area contributed by atoms with E-state index >= 15 is 0 Å². The fraction of sp³-hybridized carbons (Fsp3) is 0.273. The Balaban J connectivity index is 1.48. The highest BCUT2D eigenvalue weighted by molar-refractivity contribution is 7.91. The number of nitrogens with one attached hydrogen (secondary N) is 1. The first-order chi connectivity index (χ1) is 16.3. The lowest BCUT2D eigenvalue weighted by atomic mass is 10.2. The van der Waals surface area contributed by atoms with Gasteiger partial charge in [0.1, 0.15) is 23.3 Å². The summed E-state index contributed by atoms with van der Waals surface area (Å²) < 4.78 is 50.2. The van der Waals surface area contributed by atoms with Crippen molar-refractivity contribution in [3.63, 3.8) is 0 Å². The van der Waals surface area contributed by atoms with Gasteiger partial charge in [-0.2, -0.15) is 8.78 Å². The van der Waals surface area contributed by atoms with Crippen molar-refractivity contribution in [1.82, 2.24) is 19.9 Å². The molecule has 1 saturated heterocycles. The van der Waals surface area contributed by atoms with E-state index in [0.29, 0.717) is 36.4 Å². The quantitative estimate of drug-likeness (QED) is 0.564. The second kappa shape index (κ2) is 9.67. The standard InChI is InChI=1S/C22H22F2N6O3S/c1-15-26-19(28-18-8-4-5-9-25-18)14-20(27-15)29-10-12-30(13-11-29)21(31)16-6-2-3-7-17(16)34(32,33)22(23)24/h2-9,14,22H,10-13H2,1H3,(H,25,26,27,28). The van der Waals surface area contributed by atoms with Crippen LogP contribution in [0.2, 0.25) is 0 Å². The number of pyridine rings is 1. The Kier molecular flexibility index (Phi) is 6.68. The van der Waals surface area contributed by atoms with Crippen molar-refractivity contribution in [2.45, 2.75) is 17.6 Å². The SMILES string of the molecule is Cc1nc(Nc2ccccn2)cc(N2CCN(C(=O)c3ccccc3S(=O)(=O)C(F)F)CC2)n1. The lowest BCUT2D eigenvalue weighted by molar-refractivity contribution is 0.0742. The van der Waals surface area contributed by atoms with Crippen LogP contribution in [0.25, 0.3) is 0 Å². The van der Waals surface area contributed by atoms with Crippen LogP contribution in [0.3, 0.4) is 0 Å². The minimum atomic E-state index is -4.90. The molecule has 1 amide bonds. The molecule has 3 heterocycles. The number of aryl methyl sites for hydroxylation is 1. The first kappa shape index (κ1) is 23.5. The number of aromatic nitrogens is 3. The maximum atomic E-state index is 13.1. The maximum Gasteiger partial charge on any atom is 0.341 e. The molecule has 2 aromatic heterocycles. The number of piperazine rings is 1. The molecule has 0 spiro atoms. The van der Waals surface area contributed by atoms with Crippen molar-refractivity contribution >= 4 is 33.2 Å². The van der Waals surface area contributed by atoms with Crippen LogP contribution in [-0.2, 0) is 9.84 Å². The number of carbonyl (C=O) groups is 1. The van der Waals surface area contributed by atoms with Crippen molar-refractivity contribution in [3.05, 3.63) is 66.1 Å². The predicted molar refractivity (Wildman–Crippen MR) is 122 cm³/mol. The van der Waals surface area contributed by atoms with Gasteiger partial charge < -0.3 is 15.1 Å². The molecular formula is C22H22F2N6O3S. The van der Waals surface area contributed by atoms with Crippen molar-refractivity contribution in [2.24, 2.45) is 0 Å². The minimum absolute atomic E-state index is 0.254. The molecule has 9 nitrogen and oxygen atoms in total. The van der Waals surface area contributed by atoms with Gasteiger partial charge in [-0.3, -0.25) is 4.79 Å². The Morgan fingerprint density at radius 2 is 1.71 bits per heavy atom. The Bertz CT molecular complexity index is 1280. The Morgan fingerprint density at radius 3 is 2.38 bits per heavy atom. The second-order valence-corrected chi connectivity index (χ2v) is 9.47. The van der Waals surface area contributed by atoms with E-state index in [4.69, 9.17) is 0 Å². The number of benzene rings is 1. The van der Waals surface area contributed by atoms with Gasteiger partial charge in [0.15, 0.2) is 0 Å². The zero-order valence-corrected chi connectivity index (χ0v) is 19.0. The molecule has 4 rings (SSSR count). The molecule has 1 aromatic carbocycles. The molecular weight excluding hydrogens is 466 g/mol. The summed E-state index contributed by atoms with van der Waals surface area (Å²) in [7, 11) is -4.90. The fourth-order valence-electron chi connectivity index (χ4n) is 3.64. The topological polar surface area (TPSA) is 108 Å². The third kappa shape index (κ3) is 4.96. The Labute approximate surface area is 195 Å². The third-order valence-electron chi connectivity index (χ3n) is 5.29. The maximum absolute atomic E-state index is 13.1. The predicted octanol–water partition coefficient (Wildman–Crippen LogP) is 2.88. The zero-order chi connectivity index (χ0) is 24.3. The van der Waals surface area contributed by atoms with E-state index in [1.165, 1.54) is 23.1 Å². The normalized spacial score (nSPS) is 14.4. The molecule has 1 fully saturated rings. The summed E-state index contributed by atoms with van der Waals surface area (Å²) in [5.41, 5.74) is -0.254.